The fraction of sp³-hybridized carbons (Fsp3) is 0.238. The predicted octanol–water partition coefficient (Wildman–Crippen LogP) is 3.79. The van der Waals surface area contributed by atoms with E-state index in [1.807, 2.05) is 30.9 Å². The van der Waals surface area contributed by atoms with E-state index in [1.165, 1.54) is 12.1 Å². The summed E-state index contributed by atoms with van der Waals surface area (Å²) < 4.78 is 15.7. The van der Waals surface area contributed by atoms with Crippen LogP contribution in [0.1, 0.15) is 0 Å². The Morgan fingerprint density at radius 2 is 1.93 bits per heavy atom. The summed E-state index contributed by atoms with van der Waals surface area (Å²) in [6.07, 6.45) is 5.63. The van der Waals surface area contributed by atoms with Crippen molar-refractivity contribution in [3.05, 3.63) is 60.9 Å². The van der Waals surface area contributed by atoms with Gasteiger partial charge in [0.25, 0.3) is 0 Å². The van der Waals surface area contributed by atoms with Crippen LogP contribution in [-0.2, 0) is 6.54 Å². The molecule has 5 nitrogen and oxygen atoms in total. The van der Waals surface area contributed by atoms with E-state index in [0.29, 0.717) is 5.92 Å². The normalized spacial score (nSPS) is 15.3. The number of pyridine rings is 1. The van der Waals surface area contributed by atoms with Crippen LogP contribution in [-0.4, -0.2) is 44.6 Å². The molecule has 1 aliphatic rings. The molecule has 3 aromatic heterocycles. The number of fused-ring (bicyclic) bond motifs is 1. The van der Waals surface area contributed by atoms with Crippen molar-refractivity contribution in [2.75, 3.05) is 20.1 Å². The minimum Gasteiger partial charge on any atom is -0.346 e. The number of halogens is 1. The molecule has 0 unspecified atom stereocenters. The van der Waals surface area contributed by atoms with Crippen LogP contribution in [0.5, 0.6) is 0 Å². The van der Waals surface area contributed by atoms with Crippen LogP contribution >= 0.6 is 0 Å². The zero-order chi connectivity index (χ0) is 18.4. The summed E-state index contributed by atoms with van der Waals surface area (Å²) in [5.41, 5.74) is 4.79. The molecule has 1 saturated heterocycles. The van der Waals surface area contributed by atoms with E-state index in [4.69, 9.17) is 4.98 Å². The quantitative estimate of drug-likeness (QED) is 0.602. The minimum absolute atomic E-state index is 0.242. The smallest absolute Gasteiger partial charge is 0.137 e. The van der Waals surface area contributed by atoms with E-state index < -0.39 is 0 Å². The van der Waals surface area contributed by atoms with Gasteiger partial charge in [-0.15, -0.1) is 0 Å². The van der Waals surface area contributed by atoms with Crippen LogP contribution in [0, 0.1) is 11.7 Å². The molecule has 0 radical (unpaired) electrons. The Morgan fingerprint density at radius 1 is 1.11 bits per heavy atom. The molecule has 27 heavy (non-hydrogen) atoms. The third kappa shape index (κ3) is 2.82. The molecular weight excluding hydrogens is 341 g/mol. The van der Waals surface area contributed by atoms with Crippen LogP contribution in [0.3, 0.4) is 0 Å². The lowest BCUT2D eigenvalue weighted by Gasteiger charge is -2.36. The van der Waals surface area contributed by atoms with Gasteiger partial charge in [-0.1, -0.05) is 0 Å². The molecule has 5 rings (SSSR count). The highest BCUT2D eigenvalue weighted by molar-refractivity contribution is 5.95. The second-order valence-corrected chi connectivity index (χ2v) is 7.29. The maximum Gasteiger partial charge on any atom is 0.137 e. The van der Waals surface area contributed by atoms with Crippen molar-refractivity contribution in [2.24, 2.45) is 5.92 Å². The monoisotopic (exact) mass is 361 g/mol. The molecule has 0 spiro atoms. The molecule has 1 aromatic carbocycles. The maximum absolute atomic E-state index is 13.4. The summed E-state index contributed by atoms with van der Waals surface area (Å²) in [7, 11) is 2.14. The van der Waals surface area contributed by atoms with Gasteiger partial charge in [-0.05, 0) is 43.4 Å². The Morgan fingerprint density at radius 3 is 2.70 bits per heavy atom. The van der Waals surface area contributed by atoms with Crippen molar-refractivity contribution in [3.8, 4) is 22.5 Å². The van der Waals surface area contributed by atoms with Gasteiger partial charge in [-0.25, -0.2) is 14.4 Å². The number of H-pyrrole nitrogens is 1. The number of hydrogen-bond donors (Lipinski definition) is 1. The highest BCUT2D eigenvalue weighted by Crippen LogP contribution is 2.35. The zero-order valence-electron chi connectivity index (χ0n) is 15.1. The van der Waals surface area contributed by atoms with Crippen LogP contribution in [0.4, 0.5) is 4.39 Å². The standard InChI is InChI=1S/C21H20FN5/c1-26-10-14(11-26)12-27-13-25-19(15-2-4-16(22)5-3-15)20(27)17-6-8-23-21-18(17)7-9-24-21/h2-9,13-14H,10-12H2,1H3,(H,23,24). The Balaban J connectivity index is 1.67. The first-order valence-electron chi connectivity index (χ1n) is 9.11. The molecule has 4 heterocycles. The Hall–Kier alpha value is -2.99. The second-order valence-electron chi connectivity index (χ2n) is 7.29. The highest BCUT2D eigenvalue weighted by Gasteiger charge is 2.26. The largest absolute Gasteiger partial charge is 0.346 e. The molecule has 136 valence electrons. The van der Waals surface area contributed by atoms with E-state index in [0.717, 1.165) is 53.2 Å². The SMILES string of the molecule is CN1CC(Cn2cnc(-c3ccc(F)cc3)c2-c2ccnc3[nH]ccc23)C1. The van der Waals surface area contributed by atoms with Crippen molar-refractivity contribution in [3.63, 3.8) is 0 Å². The summed E-state index contributed by atoms with van der Waals surface area (Å²) in [5, 5.41) is 1.06. The van der Waals surface area contributed by atoms with Gasteiger partial charge in [-0.3, -0.25) is 0 Å². The van der Waals surface area contributed by atoms with Gasteiger partial charge >= 0.3 is 0 Å². The van der Waals surface area contributed by atoms with Crippen LogP contribution in [0.25, 0.3) is 33.5 Å². The maximum atomic E-state index is 13.4. The van der Waals surface area contributed by atoms with Gasteiger partial charge < -0.3 is 14.5 Å². The Bertz CT molecular complexity index is 1090. The number of benzene rings is 1. The fourth-order valence-corrected chi connectivity index (χ4v) is 4.01. The minimum atomic E-state index is -0.242. The molecule has 1 aliphatic heterocycles. The first kappa shape index (κ1) is 16.2. The molecule has 0 saturated carbocycles. The third-order valence-corrected chi connectivity index (χ3v) is 5.27. The number of imidazole rings is 1. The number of nitrogens with zero attached hydrogens (tertiary/aromatic N) is 4. The van der Waals surface area contributed by atoms with Crippen molar-refractivity contribution >= 4 is 11.0 Å². The van der Waals surface area contributed by atoms with Crippen molar-refractivity contribution in [1.29, 1.82) is 0 Å². The number of aromatic nitrogens is 4. The molecule has 1 fully saturated rings. The summed E-state index contributed by atoms with van der Waals surface area (Å²) in [5.74, 6) is 0.377. The first-order chi connectivity index (χ1) is 13.2. The number of nitrogens with one attached hydrogen (secondary N) is 1. The lowest BCUT2D eigenvalue weighted by Crippen LogP contribution is -2.45. The van der Waals surface area contributed by atoms with E-state index in [1.54, 1.807) is 12.1 Å². The number of likely N-dealkylation sites (tertiary alicyclic amines) is 1. The fourth-order valence-electron chi connectivity index (χ4n) is 4.01. The topological polar surface area (TPSA) is 49.7 Å². The van der Waals surface area contributed by atoms with E-state index in [-0.39, 0.29) is 5.82 Å². The van der Waals surface area contributed by atoms with E-state index in [9.17, 15) is 4.39 Å². The van der Waals surface area contributed by atoms with Gasteiger partial charge in [0.05, 0.1) is 17.7 Å². The summed E-state index contributed by atoms with van der Waals surface area (Å²) in [6.45, 7) is 3.11. The Labute approximate surface area is 156 Å². The zero-order valence-corrected chi connectivity index (χ0v) is 15.1. The van der Waals surface area contributed by atoms with Crippen LogP contribution in [0.2, 0.25) is 0 Å². The van der Waals surface area contributed by atoms with Gasteiger partial charge in [0, 0.05) is 54.5 Å². The highest BCUT2D eigenvalue weighted by atomic mass is 19.1. The lowest BCUT2D eigenvalue weighted by atomic mass is 9.99. The Kier molecular flexibility index (Phi) is 3.79. The summed E-state index contributed by atoms with van der Waals surface area (Å²) in [4.78, 5) is 14.6. The van der Waals surface area contributed by atoms with Crippen molar-refractivity contribution in [1.82, 2.24) is 24.4 Å². The van der Waals surface area contributed by atoms with Gasteiger partial charge in [0.1, 0.15) is 11.5 Å². The molecule has 0 amide bonds. The molecule has 4 aromatic rings. The summed E-state index contributed by atoms with van der Waals surface area (Å²) >= 11 is 0. The average molecular weight is 361 g/mol. The average Bonchev–Trinajstić information content (AvgIpc) is 3.28. The number of aromatic amines is 1. The lowest BCUT2D eigenvalue weighted by molar-refractivity contribution is 0.120. The van der Waals surface area contributed by atoms with E-state index in [2.05, 4.69) is 26.5 Å². The third-order valence-electron chi connectivity index (χ3n) is 5.27. The van der Waals surface area contributed by atoms with Crippen molar-refractivity contribution in [2.45, 2.75) is 6.54 Å². The molecular formula is C21H20FN5. The van der Waals surface area contributed by atoms with E-state index >= 15 is 0 Å². The number of rotatable bonds is 4. The molecule has 0 atom stereocenters. The van der Waals surface area contributed by atoms with Gasteiger partial charge in [-0.2, -0.15) is 0 Å². The number of hydrogen-bond acceptors (Lipinski definition) is 3. The predicted molar refractivity (Wildman–Crippen MR) is 104 cm³/mol. The molecule has 0 aliphatic carbocycles. The van der Waals surface area contributed by atoms with Gasteiger partial charge in [0.15, 0.2) is 0 Å². The van der Waals surface area contributed by atoms with Crippen LogP contribution in [0.15, 0.2) is 55.1 Å². The first-order valence-corrected chi connectivity index (χ1v) is 9.11. The van der Waals surface area contributed by atoms with Crippen LogP contribution < -0.4 is 0 Å². The van der Waals surface area contributed by atoms with Gasteiger partial charge in [0.2, 0.25) is 0 Å². The van der Waals surface area contributed by atoms with Crippen molar-refractivity contribution < 1.29 is 4.39 Å². The molecule has 6 heteroatoms. The molecule has 0 bridgehead atoms. The molecule has 1 N–H and O–H groups in total. The summed E-state index contributed by atoms with van der Waals surface area (Å²) in [6, 6.07) is 10.6. The second kappa shape index (κ2) is 6.32.